The number of benzene rings is 1. The summed E-state index contributed by atoms with van der Waals surface area (Å²) in [7, 11) is 0. The number of rotatable bonds is 3. The molecule has 1 aliphatic carbocycles. The molecule has 18 heavy (non-hydrogen) atoms. The zero-order chi connectivity index (χ0) is 12.6. The number of hydrogen-bond donors (Lipinski definition) is 1. The average Bonchev–Trinajstić information content (AvgIpc) is 2.75. The summed E-state index contributed by atoms with van der Waals surface area (Å²) in [6, 6.07) is 9.31. The normalized spacial score (nSPS) is 19.2. The lowest BCUT2D eigenvalue weighted by Gasteiger charge is -2.40. The van der Waals surface area contributed by atoms with Crippen molar-refractivity contribution in [3.8, 4) is 0 Å². The molecule has 3 nitrogen and oxygen atoms in total. The fourth-order valence-electron chi connectivity index (χ4n) is 2.61. The number of nitrogens with two attached hydrogens (primary N) is 1. The van der Waals surface area contributed by atoms with Gasteiger partial charge in [-0.1, -0.05) is 30.3 Å². The van der Waals surface area contributed by atoms with Gasteiger partial charge in [0.15, 0.2) is 0 Å². The van der Waals surface area contributed by atoms with Crippen molar-refractivity contribution in [3.63, 3.8) is 0 Å². The Balaban J connectivity index is 2.04. The van der Waals surface area contributed by atoms with Crippen molar-refractivity contribution in [1.29, 1.82) is 0 Å². The average molecular weight is 245 g/mol. The highest BCUT2D eigenvalue weighted by Gasteiger charge is 2.46. The van der Waals surface area contributed by atoms with Gasteiger partial charge in [0.1, 0.15) is 11.7 Å². The number of aromatic nitrogens is 2. The lowest BCUT2D eigenvalue weighted by molar-refractivity contribution is 0.0169. The smallest absolute Gasteiger partial charge is 0.137 e. The van der Waals surface area contributed by atoms with Gasteiger partial charge < -0.3 is 5.73 Å². The van der Waals surface area contributed by atoms with Gasteiger partial charge in [0.2, 0.25) is 0 Å². The molecular weight excluding hydrogens is 229 g/mol. The quantitative estimate of drug-likeness (QED) is 0.903. The van der Waals surface area contributed by atoms with Gasteiger partial charge in [-0.05, 0) is 24.8 Å². The molecule has 1 aliphatic rings. The summed E-state index contributed by atoms with van der Waals surface area (Å²) in [6.07, 6.45) is 5.39. The minimum atomic E-state index is -1.19. The van der Waals surface area contributed by atoms with E-state index < -0.39 is 5.67 Å². The first-order valence-electron chi connectivity index (χ1n) is 6.22. The molecule has 1 aromatic heterocycles. The van der Waals surface area contributed by atoms with Crippen LogP contribution in [0.4, 0.5) is 10.1 Å². The van der Waals surface area contributed by atoms with E-state index >= 15 is 0 Å². The molecule has 1 unspecified atom stereocenters. The van der Waals surface area contributed by atoms with E-state index in [4.69, 9.17) is 5.73 Å². The van der Waals surface area contributed by atoms with Crippen LogP contribution < -0.4 is 5.73 Å². The van der Waals surface area contributed by atoms with E-state index in [0.717, 1.165) is 12.0 Å². The van der Waals surface area contributed by atoms with Gasteiger partial charge in [-0.3, -0.25) is 4.68 Å². The van der Waals surface area contributed by atoms with Crippen molar-refractivity contribution in [2.45, 2.75) is 31.0 Å². The molecule has 0 radical (unpaired) electrons. The number of alkyl halides is 1. The number of nitrogens with zero attached hydrogens (tertiary/aromatic N) is 2. The van der Waals surface area contributed by atoms with Crippen LogP contribution in [-0.2, 0) is 0 Å². The second kappa shape index (κ2) is 4.12. The Morgan fingerprint density at radius 3 is 2.50 bits per heavy atom. The van der Waals surface area contributed by atoms with Crippen LogP contribution in [0.15, 0.2) is 42.7 Å². The van der Waals surface area contributed by atoms with E-state index in [9.17, 15) is 4.39 Å². The number of hydrogen-bond acceptors (Lipinski definition) is 2. The van der Waals surface area contributed by atoms with E-state index in [2.05, 4.69) is 5.10 Å². The maximum atomic E-state index is 14.8. The third kappa shape index (κ3) is 1.78. The fraction of sp³-hybridized carbons (Fsp3) is 0.357. The van der Waals surface area contributed by atoms with Gasteiger partial charge in [0.05, 0.1) is 11.9 Å². The van der Waals surface area contributed by atoms with Crippen LogP contribution >= 0.6 is 0 Å². The Labute approximate surface area is 105 Å². The summed E-state index contributed by atoms with van der Waals surface area (Å²) < 4.78 is 16.5. The monoisotopic (exact) mass is 245 g/mol. The van der Waals surface area contributed by atoms with Crippen molar-refractivity contribution in [1.82, 2.24) is 9.78 Å². The van der Waals surface area contributed by atoms with Gasteiger partial charge in [-0.25, -0.2) is 4.39 Å². The van der Waals surface area contributed by atoms with E-state index in [1.165, 1.54) is 0 Å². The molecule has 3 rings (SSSR count). The first kappa shape index (κ1) is 11.3. The zero-order valence-electron chi connectivity index (χ0n) is 10.1. The molecule has 0 spiro atoms. The Morgan fingerprint density at radius 1 is 1.28 bits per heavy atom. The van der Waals surface area contributed by atoms with Crippen LogP contribution in [0.1, 0.15) is 30.9 Å². The van der Waals surface area contributed by atoms with Gasteiger partial charge in [0.25, 0.3) is 0 Å². The summed E-state index contributed by atoms with van der Waals surface area (Å²) in [5.41, 5.74) is 6.01. The minimum absolute atomic E-state index is 0.371. The van der Waals surface area contributed by atoms with Crippen molar-refractivity contribution in [2.24, 2.45) is 0 Å². The van der Waals surface area contributed by atoms with E-state index in [1.54, 1.807) is 17.1 Å². The molecule has 0 amide bonds. The summed E-state index contributed by atoms with van der Waals surface area (Å²) >= 11 is 0. The second-order valence-corrected chi connectivity index (χ2v) is 4.96. The number of halogens is 1. The van der Waals surface area contributed by atoms with Crippen molar-refractivity contribution in [3.05, 3.63) is 48.3 Å². The highest BCUT2D eigenvalue weighted by Crippen LogP contribution is 2.47. The Bertz CT molecular complexity index is 531. The molecular formula is C14H16FN3. The number of nitrogen functional groups attached to an aromatic ring is 1. The SMILES string of the molecule is Nc1cnn(C(c2ccccc2)C2(F)CCC2)c1. The Morgan fingerprint density at radius 2 is 2.00 bits per heavy atom. The molecule has 1 saturated carbocycles. The maximum absolute atomic E-state index is 14.8. The summed E-state index contributed by atoms with van der Waals surface area (Å²) in [6.45, 7) is 0. The van der Waals surface area contributed by atoms with Crippen LogP contribution in [0, 0.1) is 0 Å². The van der Waals surface area contributed by atoms with Crippen LogP contribution in [0.2, 0.25) is 0 Å². The molecule has 1 fully saturated rings. The van der Waals surface area contributed by atoms with Gasteiger partial charge in [-0.15, -0.1) is 0 Å². The van der Waals surface area contributed by atoms with Crippen LogP contribution in [-0.4, -0.2) is 15.4 Å². The van der Waals surface area contributed by atoms with Gasteiger partial charge >= 0.3 is 0 Å². The summed E-state index contributed by atoms with van der Waals surface area (Å²) in [5, 5.41) is 4.19. The van der Waals surface area contributed by atoms with Crippen LogP contribution in [0.3, 0.4) is 0 Å². The molecule has 1 atom stereocenters. The van der Waals surface area contributed by atoms with Crippen molar-refractivity contribution < 1.29 is 4.39 Å². The van der Waals surface area contributed by atoms with E-state index in [-0.39, 0.29) is 6.04 Å². The molecule has 1 aromatic carbocycles. The largest absolute Gasteiger partial charge is 0.396 e. The van der Waals surface area contributed by atoms with E-state index in [1.807, 2.05) is 30.3 Å². The fourth-order valence-corrected chi connectivity index (χ4v) is 2.61. The molecule has 0 bridgehead atoms. The molecule has 2 N–H and O–H groups in total. The van der Waals surface area contributed by atoms with Gasteiger partial charge in [0, 0.05) is 6.20 Å². The molecule has 94 valence electrons. The third-order valence-corrected chi connectivity index (χ3v) is 3.68. The number of anilines is 1. The van der Waals surface area contributed by atoms with E-state index in [0.29, 0.717) is 18.5 Å². The van der Waals surface area contributed by atoms with Gasteiger partial charge in [-0.2, -0.15) is 5.10 Å². The first-order chi connectivity index (χ1) is 8.69. The first-order valence-corrected chi connectivity index (χ1v) is 6.22. The topological polar surface area (TPSA) is 43.8 Å². The molecule has 0 aliphatic heterocycles. The summed E-state index contributed by atoms with van der Waals surface area (Å²) in [5.74, 6) is 0. The predicted octanol–water partition coefficient (Wildman–Crippen LogP) is 2.95. The Kier molecular flexibility index (Phi) is 2.58. The van der Waals surface area contributed by atoms with Crippen molar-refractivity contribution >= 4 is 5.69 Å². The zero-order valence-corrected chi connectivity index (χ0v) is 10.1. The molecule has 2 aromatic rings. The summed E-state index contributed by atoms with van der Waals surface area (Å²) in [4.78, 5) is 0. The lowest BCUT2D eigenvalue weighted by Crippen LogP contribution is -2.42. The van der Waals surface area contributed by atoms with Crippen LogP contribution in [0.25, 0.3) is 0 Å². The second-order valence-electron chi connectivity index (χ2n) is 4.96. The maximum Gasteiger partial charge on any atom is 0.137 e. The third-order valence-electron chi connectivity index (χ3n) is 3.68. The standard InChI is InChI=1S/C14H16FN3/c15-14(7-4-8-14)13(11-5-2-1-3-6-11)18-10-12(16)9-17-18/h1-3,5-6,9-10,13H,4,7-8,16H2. The molecule has 0 saturated heterocycles. The van der Waals surface area contributed by atoms with Crippen LogP contribution in [0.5, 0.6) is 0 Å². The van der Waals surface area contributed by atoms with Crippen molar-refractivity contribution in [2.75, 3.05) is 5.73 Å². The lowest BCUT2D eigenvalue weighted by atomic mass is 9.74. The molecule has 4 heteroatoms. The highest BCUT2D eigenvalue weighted by atomic mass is 19.1. The minimum Gasteiger partial charge on any atom is -0.396 e. The molecule has 1 heterocycles. The Hall–Kier alpha value is -1.84. The predicted molar refractivity (Wildman–Crippen MR) is 68.9 cm³/mol. The highest BCUT2D eigenvalue weighted by molar-refractivity contribution is 5.33.